The van der Waals surface area contributed by atoms with Gasteiger partial charge in [-0.3, -0.25) is 10.2 Å². The van der Waals surface area contributed by atoms with Crippen LogP contribution in [0.25, 0.3) is 0 Å². The lowest BCUT2D eigenvalue weighted by Gasteiger charge is -2.31. The Morgan fingerprint density at radius 3 is 2.93 bits per heavy atom. The lowest BCUT2D eigenvalue weighted by Crippen LogP contribution is -2.33. The molecule has 3 heterocycles. The maximum atomic E-state index is 13.4. The van der Waals surface area contributed by atoms with Crippen LogP contribution in [0.2, 0.25) is 0 Å². The van der Waals surface area contributed by atoms with Crippen molar-refractivity contribution < 1.29 is 18.3 Å². The lowest BCUT2D eigenvalue weighted by atomic mass is 10.1. The summed E-state index contributed by atoms with van der Waals surface area (Å²) in [5, 5.41) is 7.13. The van der Waals surface area contributed by atoms with Crippen molar-refractivity contribution in [2.45, 2.75) is 19.3 Å². The predicted molar refractivity (Wildman–Crippen MR) is 102 cm³/mol. The van der Waals surface area contributed by atoms with Gasteiger partial charge in [0.05, 0.1) is 18.8 Å². The first-order valence-corrected chi connectivity index (χ1v) is 9.18. The van der Waals surface area contributed by atoms with Crippen molar-refractivity contribution in [3.63, 3.8) is 0 Å². The number of fused-ring (bicyclic) bond motifs is 1. The number of aromatic nitrogens is 2. The second-order valence-corrected chi connectivity index (χ2v) is 7.00. The van der Waals surface area contributed by atoms with Gasteiger partial charge in [-0.05, 0) is 25.1 Å². The van der Waals surface area contributed by atoms with Crippen molar-refractivity contribution in [3.05, 3.63) is 41.1 Å². The highest BCUT2D eigenvalue weighted by Crippen LogP contribution is 2.37. The third-order valence-corrected chi connectivity index (χ3v) is 4.87. The highest BCUT2D eigenvalue weighted by molar-refractivity contribution is 5.96. The number of ether oxygens (including phenoxy) is 1. The second kappa shape index (κ2) is 7.26. The van der Waals surface area contributed by atoms with Gasteiger partial charge in [-0.2, -0.15) is 0 Å². The van der Waals surface area contributed by atoms with Gasteiger partial charge in [-0.15, -0.1) is 0 Å². The minimum Gasteiger partial charge on any atom is -0.490 e. The molecule has 2 aliphatic heterocycles. The number of halogens is 2. The van der Waals surface area contributed by atoms with Gasteiger partial charge in [-0.1, -0.05) is 0 Å². The van der Waals surface area contributed by atoms with E-state index in [9.17, 15) is 13.6 Å². The largest absolute Gasteiger partial charge is 0.490 e. The number of hydrogen-bond donors (Lipinski definition) is 2. The number of H-pyrrole nitrogens is 1. The first-order chi connectivity index (χ1) is 13.9. The van der Waals surface area contributed by atoms with Gasteiger partial charge < -0.3 is 19.5 Å². The summed E-state index contributed by atoms with van der Waals surface area (Å²) in [6.07, 6.45) is 0.601. The predicted octanol–water partition coefficient (Wildman–Crippen LogP) is 2.24. The van der Waals surface area contributed by atoms with Crippen molar-refractivity contribution in [2.24, 2.45) is 4.99 Å². The van der Waals surface area contributed by atoms with Crippen LogP contribution < -0.4 is 15.3 Å². The molecule has 0 bridgehead atoms. The number of likely N-dealkylation sites (tertiary alicyclic amines) is 1. The zero-order valence-corrected chi connectivity index (χ0v) is 15.8. The highest BCUT2D eigenvalue weighted by atomic mass is 19.3. The molecule has 0 saturated carbocycles. The van der Waals surface area contributed by atoms with Gasteiger partial charge in [0.25, 0.3) is 11.8 Å². The van der Waals surface area contributed by atoms with Crippen LogP contribution in [-0.2, 0) is 0 Å². The van der Waals surface area contributed by atoms with Crippen molar-refractivity contribution in [3.8, 4) is 5.75 Å². The van der Waals surface area contributed by atoms with Crippen molar-refractivity contribution in [2.75, 3.05) is 31.1 Å². The Hall–Kier alpha value is -3.30. The average Bonchev–Trinajstić information content (AvgIpc) is 3.06. The Morgan fingerprint density at radius 1 is 1.38 bits per heavy atom. The summed E-state index contributed by atoms with van der Waals surface area (Å²) >= 11 is 0. The number of hydrogen-bond acceptors (Lipinski definition) is 5. The van der Waals surface area contributed by atoms with E-state index in [0.717, 1.165) is 23.5 Å². The molecule has 152 valence electrons. The molecule has 0 atom stereocenters. The van der Waals surface area contributed by atoms with Gasteiger partial charge >= 0.3 is 0 Å². The molecule has 10 heteroatoms. The molecule has 1 amide bonds. The number of alkyl halides is 2. The van der Waals surface area contributed by atoms with E-state index in [-0.39, 0.29) is 13.0 Å². The van der Waals surface area contributed by atoms with Crippen molar-refractivity contribution in [1.29, 1.82) is 5.41 Å². The van der Waals surface area contributed by atoms with Gasteiger partial charge in [0.1, 0.15) is 24.5 Å². The van der Waals surface area contributed by atoms with Crippen LogP contribution in [0.15, 0.2) is 29.3 Å². The van der Waals surface area contributed by atoms with Gasteiger partial charge in [0.2, 0.25) is 5.62 Å². The Balaban J connectivity index is 1.65. The monoisotopic (exact) mass is 402 g/mol. The van der Waals surface area contributed by atoms with Crippen LogP contribution in [0, 0.1) is 12.3 Å². The Kier molecular flexibility index (Phi) is 4.77. The van der Waals surface area contributed by atoms with E-state index >= 15 is 0 Å². The number of aromatic amines is 1. The Labute approximate surface area is 165 Å². The second-order valence-electron chi connectivity index (χ2n) is 7.00. The molecule has 2 aromatic rings. The van der Waals surface area contributed by atoms with E-state index in [1.165, 1.54) is 4.90 Å². The van der Waals surface area contributed by atoms with Gasteiger partial charge in [0.15, 0.2) is 0 Å². The summed E-state index contributed by atoms with van der Waals surface area (Å²) < 4.78 is 32.6. The minimum atomic E-state index is -2.83. The molecule has 29 heavy (non-hydrogen) atoms. The van der Waals surface area contributed by atoms with E-state index < -0.39 is 18.4 Å². The van der Waals surface area contributed by atoms with Crippen LogP contribution in [0.4, 0.5) is 20.3 Å². The molecule has 1 saturated heterocycles. The standard InChI is InChI=1S/C19H20F2N6O2/c1-12-8-16(25-18(24-12)23-11-22)27-6-7-29-15-9-13(2-3-14(15)27)17(28)26-5-4-19(20,21)10-26/h2-3,8-9,11H,4-7,10H2,1H3,(H2,22,23,24,25). The molecule has 0 aliphatic carbocycles. The number of aryl methyl sites for hydroxylation is 1. The summed E-state index contributed by atoms with van der Waals surface area (Å²) in [6, 6.07) is 6.81. The van der Waals surface area contributed by atoms with E-state index in [2.05, 4.69) is 15.0 Å². The number of carbonyl (C=O) groups excluding carboxylic acids is 1. The molecule has 2 N–H and O–H groups in total. The van der Waals surface area contributed by atoms with Gasteiger partial charge in [-0.25, -0.2) is 18.8 Å². The first-order valence-electron chi connectivity index (χ1n) is 9.18. The summed E-state index contributed by atoms with van der Waals surface area (Å²) in [5.74, 6) is -2.03. The lowest BCUT2D eigenvalue weighted by molar-refractivity contribution is 0.0120. The molecule has 8 nitrogen and oxygen atoms in total. The maximum absolute atomic E-state index is 13.4. The molecule has 2 aliphatic rings. The normalized spacial score (nSPS) is 18.4. The van der Waals surface area contributed by atoms with Gasteiger partial charge in [0, 0.05) is 30.3 Å². The Morgan fingerprint density at radius 2 is 2.21 bits per heavy atom. The topological polar surface area (TPSA) is 97.7 Å². The van der Waals surface area contributed by atoms with Crippen LogP contribution >= 0.6 is 0 Å². The fourth-order valence-corrected chi connectivity index (χ4v) is 3.54. The quantitative estimate of drug-likeness (QED) is 0.608. The molecule has 0 spiro atoms. The number of nitrogens with one attached hydrogen (secondary N) is 2. The first kappa shape index (κ1) is 19.0. The zero-order chi connectivity index (χ0) is 20.6. The highest BCUT2D eigenvalue weighted by Gasteiger charge is 2.40. The number of amides is 1. The van der Waals surface area contributed by atoms with E-state index in [4.69, 9.17) is 10.1 Å². The van der Waals surface area contributed by atoms with Crippen LogP contribution in [0.3, 0.4) is 0 Å². The third-order valence-electron chi connectivity index (χ3n) is 4.87. The number of nitrogens with zero attached hydrogens (tertiary/aromatic N) is 4. The molecule has 1 fully saturated rings. The maximum Gasteiger partial charge on any atom is 0.267 e. The fourth-order valence-electron chi connectivity index (χ4n) is 3.54. The smallest absolute Gasteiger partial charge is 0.267 e. The van der Waals surface area contributed by atoms with E-state index in [1.807, 2.05) is 17.9 Å². The summed E-state index contributed by atoms with van der Waals surface area (Å²) in [7, 11) is 0. The molecule has 4 rings (SSSR count). The molecular weight excluding hydrogens is 382 g/mol. The number of carbonyl (C=O) groups is 1. The van der Waals surface area contributed by atoms with Crippen molar-refractivity contribution >= 4 is 23.8 Å². The molecule has 1 aromatic carbocycles. The van der Waals surface area contributed by atoms with Crippen LogP contribution in [-0.4, -0.2) is 59.3 Å². The summed E-state index contributed by atoms with van der Waals surface area (Å²) in [5.41, 5.74) is 2.10. The number of anilines is 2. The molecular formula is C19H20F2N6O2. The average molecular weight is 402 g/mol. The molecule has 1 aromatic heterocycles. The van der Waals surface area contributed by atoms with Crippen molar-refractivity contribution in [1.82, 2.24) is 14.9 Å². The zero-order valence-electron chi connectivity index (χ0n) is 15.8. The summed E-state index contributed by atoms with van der Waals surface area (Å²) in [4.78, 5) is 26.9. The SMILES string of the molecule is Cc1cc(N2CCOc3cc(C(=O)N4CCC(F)(F)C4)ccc32)[nH]/c(=N\C=N)n1. The van der Waals surface area contributed by atoms with E-state index in [0.29, 0.717) is 30.1 Å². The Bertz CT molecular complexity index is 1040. The van der Waals surface area contributed by atoms with Crippen LogP contribution in [0.5, 0.6) is 5.75 Å². The van der Waals surface area contributed by atoms with Crippen LogP contribution in [0.1, 0.15) is 22.5 Å². The van der Waals surface area contributed by atoms with E-state index in [1.54, 1.807) is 18.2 Å². The third kappa shape index (κ3) is 3.82. The minimum absolute atomic E-state index is 0.0421. The summed E-state index contributed by atoms with van der Waals surface area (Å²) in [6.45, 7) is 2.26. The fraction of sp³-hybridized carbons (Fsp3) is 0.368. The molecule has 0 radical (unpaired) electrons. The number of benzene rings is 1. The molecule has 0 unspecified atom stereocenters. The number of rotatable bonds is 3.